The average molecular weight is 250 g/mol. The fourth-order valence-electron chi connectivity index (χ4n) is 1.02. The molecule has 0 aliphatic heterocycles. The molecule has 0 aliphatic rings. The Morgan fingerprint density at radius 2 is 1.75 bits per heavy atom. The summed E-state index contributed by atoms with van der Waals surface area (Å²) in [5.41, 5.74) is 0. The molecule has 0 spiro atoms. The van der Waals surface area contributed by atoms with Crippen molar-refractivity contribution < 1.29 is 19.0 Å². The number of aldehydes is 1. The van der Waals surface area contributed by atoms with Gasteiger partial charge in [0.25, 0.3) is 0 Å². The van der Waals surface area contributed by atoms with Crippen LogP contribution in [0.4, 0.5) is 0 Å². The monoisotopic (exact) mass is 250 g/mol. The molecule has 1 aromatic rings. The number of methoxy groups -OCH3 is 1. The number of carbonyl (C=O) groups is 1. The van der Waals surface area contributed by atoms with E-state index in [0.717, 1.165) is 11.5 Å². The van der Waals surface area contributed by atoms with Gasteiger partial charge in [-0.3, -0.25) is 0 Å². The standard InChI is InChI=1S/C11H14O4.K.H/c1-13-10-2-4-11(5-3-10)15-9-8-14-7-6-12;;/h2-6H,7-9H2,1H3;;. The van der Waals surface area contributed by atoms with Crippen molar-refractivity contribution in [2.24, 2.45) is 0 Å². The molecule has 1 aromatic carbocycles. The first-order chi connectivity index (χ1) is 7.36. The minimum atomic E-state index is 0. The molecule has 0 heterocycles. The van der Waals surface area contributed by atoms with E-state index >= 15 is 0 Å². The topological polar surface area (TPSA) is 44.8 Å². The van der Waals surface area contributed by atoms with E-state index < -0.39 is 0 Å². The van der Waals surface area contributed by atoms with Crippen LogP contribution in [-0.4, -0.2) is 84.6 Å². The number of hydrogen-bond donors (Lipinski definition) is 0. The normalized spacial score (nSPS) is 9.06. The van der Waals surface area contributed by atoms with Crippen LogP contribution in [0.15, 0.2) is 24.3 Å². The van der Waals surface area contributed by atoms with Crippen molar-refractivity contribution in [1.82, 2.24) is 0 Å². The summed E-state index contributed by atoms with van der Waals surface area (Å²) in [4.78, 5) is 9.93. The van der Waals surface area contributed by atoms with Crippen LogP contribution in [0.5, 0.6) is 11.5 Å². The van der Waals surface area contributed by atoms with Gasteiger partial charge >= 0.3 is 51.4 Å². The van der Waals surface area contributed by atoms with Gasteiger partial charge in [-0.05, 0) is 24.3 Å². The SMILES string of the molecule is COc1ccc(OCCOCC=O)cc1.[KH]. The quantitative estimate of drug-likeness (QED) is 0.405. The van der Waals surface area contributed by atoms with Gasteiger partial charge in [-0.15, -0.1) is 0 Å². The molecule has 0 fully saturated rings. The maximum atomic E-state index is 9.93. The third kappa shape index (κ3) is 6.62. The van der Waals surface area contributed by atoms with Crippen LogP contribution in [0.2, 0.25) is 0 Å². The Bertz CT molecular complexity index is 287. The molecule has 0 saturated carbocycles. The van der Waals surface area contributed by atoms with Crippen LogP contribution in [0.1, 0.15) is 0 Å². The molecule has 0 N–H and O–H groups in total. The van der Waals surface area contributed by atoms with Gasteiger partial charge in [0.2, 0.25) is 0 Å². The Balaban J connectivity index is 0.00000225. The van der Waals surface area contributed by atoms with Gasteiger partial charge in [0.05, 0.1) is 13.7 Å². The Labute approximate surface area is 138 Å². The summed E-state index contributed by atoms with van der Waals surface area (Å²) in [5, 5.41) is 0. The van der Waals surface area contributed by atoms with Crippen LogP contribution < -0.4 is 9.47 Å². The molecule has 4 nitrogen and oxygen atoms in total. The summed E-state index contributed by atoms with van der Waals surface area (Å²) in [6, 6.07) is 7.28. The number of carbonyl (C=O) groups excluding carboxylic acids is 1. The molecule has 0 unspecified atom stereocenters. The maximum absolute atomic E-state index is 9.93. The molecule has 0 atom stereocenters. The molecule has 0 bridgehead atoms. The number of benzene rings is 1. The van der Waals surface area contributed by atoms with E-state index in [2.05, 4.69) is 0 Å². The van der Waals surface area contributed by atoms with Gasteiger partial charge in [0.1, 0.15) is 31.0 Å². The molecule has 0 amide bonds. The summed E-state index contributed by atoms with van der Waals surface area (Å²) in [6.07, 6.45) is 0.716. The molecule has 5 heteroatoms. The zero-order valence-corrected chi connectivity index (χ0v) is 8.64. The van der Waals surface area contributed by atoms with Crippen molar-refractivity contribution in [3.8, 4) is 11.5 Å². The number of hydrogen-bond acceptors (Lipinski definition) is 4. The average Bonchev–Trinajstić information content (AvgIpc) is 2.30. The van der Waals surface area contributed by atoms with Crippen LogP contribution in [-0.2, 0) is 9.53 Å². The minimum absolute atomic E-state index is 0. The molecule has 0 radical (unpaired) electrons. The number of ether oxygens (including phenoxy) is 3. The van der Waals surface area contributed by atoms with E-state index in [1.807, 2.05) is 24.3 Å². The zero-order valence-electron chi connectivity index (χ0n) is 8.64. The summed E-state index contributed by atoms with van der Waals surface area (Å²) >= 11 is 0. The molecular formula is C11H15KO4. The molecule has 16 heavy (non-hydrogen) atoms. The molecule has 0 aromatic heterocycles. The third-order valence-corrected chi connectivity index (χ3v) is 1.74. The van der Waals surface area contributed by atoms with Crippen molar-refractivity contribution in [2.75, 3.05) is 26.9 Å². The van der Waals surface area contributed by atoms with Crippen molar-refractivity contribution in [2.45, 2.75) is 0 Å². The molecule has 0 saturated heterocycles. The molecular weight excluding hydrogens is 235 g/mol. The Kier molecular flexibility index (Phi) is 10.3. The summed E-state index contributed by atoms with van der Waals surface area (Å²) < 4.78 is 15.3. The van der Waals surface area contributed by atoms with Gasteiger partial charge in [-0.25, -0.2) is 0 Å². The van der Waals surface area contributed by atoms with Crippen LogP contribution in [0, 0.1) is 0 Å². The number of rotatable bonds is 7. The van der Waals surface area contributed by atoms with E-state index in [0.29, 0.717) is 19.5 Å². The van der Waals surface area contributed by atoms with E-state index in [-0.39, 0.29) is 58.0 Å². The van der Waals surface area contributed by atoms with Crippen molar-refractivity contribution in [3.05, 3.63) is 24.3 Å². The van der Waals surface area contributed by atoms with Gasteiger partial charge in [0, 0.05) is 0 Å². The second-order valence-electron chi connectivity index (χ2n) is 2.77. The Morgan fingerprint density at radius 3 is 2.31 bits per heavy atom. The second kappa shape index (κ2) is 10.3. The van der Waals surface area contributed by atoms with Crippen molar-refractivity contribution in [3.63, 3.8) is 0 Å². The predicted molar refractivity (Wildman–Crippen MR) is 62.5 cm³/mol. The third-order valence-electron chi connectivity index (χ3n) is 1.74. The van der Waals surface area contributed by atoms with Crippen LogP contribution >= 0.6 is 0 Å². The van der Waals surface area contributed by atoms with Crippen molar-refractivity contribution >= 4 is 57.7 Å². The van der Waals surface area contributed by atoms with E-state index in [9.17, 15) is 4.79 Å². The fourth-order valence-corrected chi connectivity index (χ4v) is 1.02. The Hall–Kier alpha value is 0.0864. The Morgan fingerprint density at radius 1 is 1.12 bits per heavy atom. The summed E-state index contributed by atoms with van der Waals surface area (Å²) in [7, 11) is 1.61. The first-order valence-electron chi connectivity index (χ1n) is 4.65. The molecule has 84 valence electrons. The van der Waals surface area contributed by atoms with Gasteiger partial charge < -0.3 is 19.0 Å². The second-order valence-corrected chi connectivity index (χ2v) is 2.77. The summed E-state index contributed by atoms with van der Waals surface area (Å²) in [5.74, 6) is 1.55. The van der Waals surface area contributed by atoms with Crippen LogP contribution in [0.25, 0.3) is 0 Å². The van der Waals surface area contributed by atoms with Gasteiger partial charge in [0.15, 0.2) is 0 Å². The van der Waals surface area contributed by atoms with Crippen LogP contribution in [0.3, 0.4) is 0 Å². The predicted octanol–water partition coefficient (Wildman–Crippen LogP) is 0.641. The van der Waals surface area contributed by atoms with Gasteiger partial charge in [-0.1, -0.05) is 0 Å². The van der Waals surface area contributed by atoms with E-state index in [1.165, 1.54) is 0 Å². The zero-order chi connectivity index (χ0) is 10.9. The first-order valence-corrected chi connectivity index (χ1v) is 4.65. The van der Waals surface area contributed by atoms with E-state index in [4.69, 9.17) is 14.2 Å². The van der Waals surface area contributed by atoms with Gasteiger partial charge in [-0.2, -0.15) is 0 Å². The van der Waals surface area contributed by atoms with E-state index in [1.54, 1.807) is 7.11 Å². The molecule has 0 aliphatic carbocycles. The first kappa shape index (κ1) is 16.1. The summed E-state index contributed by atoms with van der Waals surface area (Å²) in [6.45, 7) is 0.955. The fraction of sp³-hybridized carbons (Fsp3) is 0.364. The molecule has 1 rings (SSSR count). The van der Waals surface area contributed by atoms with Crippen molar-refractivity contribution in [1.29, 1.82) is 0 Å².